The molecule has 0 N–H and O–H groups in total. The zero-order chi connectivity index (χ0) is 19.1. The third-order valence-corrected chi connectivity index (χ3v) is 12.0. The summed E-state index contributed by atoms with van der Waals surface area (Å²) in [6, 6.07) is 0. The van der Waals surface area contributed by atoms with Crippen molar-refractivity contribution in [3.05, 3.63) is 17.9 Å². The minimum absolute atomic E-state index is 0.552. The maximum Gasteiger partial charge on any atom is 0.146 e. The molecule has 0 heterocycles. The third-order valence-electron chi connectivity index (χ3n) is 4.10. The molecule has 0 aliphatic heterocycles. The Labute approximate surface area is 182 Å². The summed E-state index contributed by atoms with van der Waals surface area (Å²) in [6.07, 6.45) is 5.46. The maximum atomic E-state index is 5.46. The zero-order valence-electron chi connectivity index (χ0n) is 14.8. The van der Waals surface area contributed by atoms with Crippen molar-refractivity contribution in [1.82, 2.24) is 0 Å². The average Bonchev–Trinajstić information content (AvgIpc) is 2.44. The van der Waals surface area contributed by atoms with Crippen LogP contribution in [0.1, 0.15) is 41.5 Å². The van der Waals surface area contributed by atoms with Gasteiger partial charge in [0.15, 0.2) is 0 Å². The molecule has 0 atom stereocenters. The normalized spacial score (nSPS) is 10.5. The maximum absolute atomic E-state index is 5.46. The van der Waals surface area contributed by atoms with Crippen molar-refractivity contribution in [2.24, 2.45) is 0 Å². The van der Waals surface area contributed by atoms with Crippen molar-refractivity contribution >= 4 is 71.8 Å². The first-order chi connectivity index (χ1) is 11.0. The Morgan fingerprint density at radius 2 is 1.08 bits per heavy atom. The van der Waals surface area contributed by atoms with Gasteiger partial charge in [0, 0.05) is 0 Å². The lowest BCUT2D eigenvalue weighted by molar-refractivity contribution is 0.838. The molecule has 0 saturated heterocycles. The standard InChI is InChI=1S/C19H22Br4Si/c1-8-16(18(20)21)9-10-17(19(22)23)11-12-24(13(2)3,14(4)5)15(6)7/h1,13-15H,2-7H3. The van der Waals surface area contributed by atoms with Gasteiger partial charge in [-0.3, -0.25) is 0 Å². The molecular formula is C19H22Br4Si. The Morgan fingerprint density at radius 3 is 1.38 bits per heavy atom. The first-order valence-electron chi connectivity index (χ1n) is 7.62. The molecule has 0 aromatic rings. The minimum atomic E-state index is -1.80. The Kier molecular flexibility index (Phi) is 11.2. The quantitative estimate of drug-likeness (QED) is 0.230. The van der Waals surface area contributed by atoms with E-state index in [-0.39, 0.29) is 0 Å². The second-order valence-electron chi connectivity index (χ2n) is 6.31. The monoisotopic (exact) mass is 594 g/mol. The molecule has 0 amide bonds. The Morgan fingerprint density at radius 1 is 0.708 bits per heavy atom. The van der Waals surface area contributed by atoms with Crippen LogP contribution in [0.4, 0.5) is 0 Å². The summed E-state index contributed by atoms with van der Waals surface area (Å²) in [7, 11) is -1.80. The van der Waals surface area contributed by atoms with E-state index in [1.807, 2.05) is 0 Å². The number of hydrogen-bond donors (Lipinski definition) is 0. The van der Waals surface area contributed by atoms with Gasteiger partial charge in [-0.2, -0.15) is 0 Å². The summed E-state index contributed by atoms with van der Waals surface area (Å²) in [6.45, 7) is 13.8. The lowest BCUT2D eigenvalue weighted by Gasteiger charge is -2.38. The summed E-state index contributed by atoms with van der Waals surface area (Å²) >= 11 is 13.5. The van der Waals surface area contributed by atoms with E-state index in [0.717, 1.165) is 3.39 Å². The van der Waals surface area contributed by atoms with E-state index >= 15 is 0 Å². The van der Waals surface area contributed by atoms with Gasteiger partial charge in [0.1, 0.15) is 8.07 Å². The van der Waals surface area contributed by atoms with Gasteiger partial charge in [-0.15, -0.1) is 12.0 Å². The van der Waals surface area contributed by atoms with Gasteiger partial charge in [-0.05, 0) is 92.2 Å². The van der Waals surface area contributed by atoms with E-state index in [4.69, 9.17) is 6.42 Å². The fourth-order valence-corrected chi connectivity index (χ4v) is 9.02. The van der Waals surface area contributed by atoms with Crippen LogP contribution in [0.5, 0.6) is 0 Å². The first-order valence-corrected chi connectivity index (χ1v) is 13.0. The number of hydrogen-bond acceptors (Lipinski definition) is 0. The van der Waals surface area contributed by atoms with Gasteiger partial charge in [0.05, 0.1) is 17.9 Å². The molecule has 130 valence electrons. The number of halogens is 4. The van der Waals surface area contributed by atoms with E-state index in [9.17, 15) is 0 Å². The van der Waals surface area contributed by atoms with Gasteiger partial charge in [-0.1, -0.05) is 53.4 Å². The number of allylic oxidation sites excluding steroid dienone is 2. The van der Waals surface area contributed by atoms with Crippen LogP contribution < -0.4 is 0 Å². The van der Waals surface area contributed by atoms with Crippen LogP contribution in [0.2, 0.25) is 16.6 Å². The third kappa shape index (κ3) is 6.55. The molecule has 0 bridgehead atoms. The molecule has 24 heavy (non-hydrogen) atoms. The lowest BCUT2D eigenvalue weighted by Crippen LogP contribution is -2.43. The summed E-state index contributed by atoms with van der Waals surface area (Å²) in [5.41, 5.74) is 6.65. The van der Waals surface area contributed by atoms with Crippen LogP contribution in [0.3, 0.4) is 0 Å². The summed E-state index contributed by atoms with van der Waals surface area (Å²) < 4.78 is 1.41. The smallest absolute Gasteiger partial charge is 0.124 e. The van der Waals surface area contributed by atoms with E-state index in [2.05, 4.69) is 134 Å². The topological polar surface area (TPSA) is 0 Å². The van der Waals surface area contributed by atoms with Gasteiger partial charge in [0.25, 0.3) is 0 Å². The lowest BCUT2D eigenvalue weighted by atomic mass is 10.2. The Bertz CT molecular complexity index is 653. The molecule has 5 heteroatoms. The highest BCUT2D eigenvalue weighted by molar-refractivity contribution is 9.28. The molecular weight excluding hydrogens is 576 g/mol. The van der Waals surface area contributed by atoms with Crippen molar-refractivity contribution in [1.29, 1.82) is 0 Å². The number of terminal acetylenes is 1. The van der Waals surface area contributed by atoms with Crippen molar-refractivity contribution in [3.8, 4) is 35.6 Å². The van der Waals surface area contributed by atoms with Crippen molar-refractivity contribution in [3.63, 3.8) is 0 Å². The predicted molar refractivity (Wildman–Crippen MR) is 125 cm³/mol. The van der Waals surface area contributed by atoms with Crippen LogP contribution in [-0.4, -0.2) is 8.07 Å². The SMILES string of the molecule is C#CC(C#CC(C#C[Si](C(C)C)(C(C)C)C(C)C)=C(Br)Br)=C(Br)Br. The second-order valence-corrected chi connectivity index (χ2v) is 17.2. The van der Waals surface area contributed by atoms with Crippen LogP contribution >= 0.6 is 63.7 Å². The van der Waals surface area contributed by atoms with Crippen LogP contribution in [0, 0.1) is 35.6 Å². The summed E-state index contributed by atoms with van der Waals surface area (Å²) in [4.78, 5) is 0. The fourth-order valence-electron chi connectivity index (χ4n) is 2.99. The second kappa shape index (κ2) is 11.1. The molecule has 0 radical (unpaired) electrons. The van der Waals surface area contributed by atoms with Crippen LogP contribution in [-0.2, 0) is 0 Å². The molecule has 0 spiro atoms. The van der Waals surface area contributed by atoms with E-state index in [0.29, 0.717) is 31.2 Å². The molecule has 0 aromatic carbocycles. The Hall–Kier alpha value is 0.297. The zero-order valence-corrected chi connectivity index (χ0v) is 22.2. The van der Waals surface area contributed by atoms with Gasteiger partial charge in [0.2, 0.25) is 0 Å². The predicted octanol–water partition coefficient (Wildman–Crippen LogP) is 7.85. The molecule has 0 nitrogen and oxygen atoms in total. The molecule has 0 rings (SSSR count). The fraction of sp³-hybridized carbons (Fsp3) is 0.474. The molecule has 0 aliphatic rings. The van der Waals surface area contributed by atoms with Crippen LogP contribution in [0.25, 0.3) is 0 Å². The summed E-state index contributed by atoms with van der Waals surface area (Å²) in [5, 5.41) is 0. The molecule has 0 unspecified atom stereocenters. The van der Waals surface area contributed by atoms with E-state index in [1.165, 1.54) is 0 Å². The van der Waals surface area contributed by atoms with Crippen LogP contribution in [0.15, 0.2) is 17.9 Å². The molecule has 0 fully saturated rings. The molecule has 0 aliphatic carbocycles. The molecule has 0 aromatic heterocycles. The van der Waals surface area contributed by atoms with E-state index in [1.54, 1.807) is 0 Å². The van der Waals surface area contributed by atoms with E-state index < -0.39 is 8.07 Å². The number of rotatable bonds is 3. The van der Waals surface area contributed by atoms with Crippen molar-refractivity contribution in [2.45, 2.75) is 58.2 Å². The first kappa shape index (κ1) is 24.3. The van der Waals surface area contributed by atoms with Crippen molar-refractivity contribution < 1.29 is 0 Å². The molecule has 0 saturated carbocycles. The van der Waals surface area contributed by atoms with Gasteiger partial charge in [-0.25, -0.2) is 0 Å². The van der Waals surface area contributed by atoms with Crippen molar-refractivity contribution in [2.75, 3.05) is 0 Å². The van der Waals surface area contributed by atoms with Gasteiger partial charge < -0.3 is 0 Å². The minimum Gasteiger partial charge on any atom is -0.124 e. The highest BCUT2D eigenvalue weighted by atomic mass is 79.9. The largest absolute Gasteiger partial charge is 0.146 e. The van der Waals surface area contributed by atoms with Gasteiger partial charge >= 0.3 is 0 Å². The Balaban J connectivity index is 6.15. The average molecular weight is 598 g/mol. The summed E-state index contributed by atoms with van der Waals surface area (Å²) in [5.74, 6) is 11.9. The highest BCUT2D eigenvalue weighted by Gasteiger charge is 2.41. The highest BCUT2D eigenvalue weighted by Crippen LogP contribution is 2.40.